The van der Waals surface area contributed by atoms with Gasteiger partial charge in [0.2, 0.25) is 10.6 Å². The molecule has 4 aromatic carbocycles. The zero-order valence-electron chi connectivity index (χ0n) is 32.1. The van der Waals surface area contributed by atoms with Crippen molar-refractivity contribution in [2.45, 2.75) is 55.4 Å². The summed E-state index contributed by atoms with van der Waals surface area (Å²) in [5.41, 5.74) is 6.57. The topological polar surface area (TPSA) is 105 Å². The summed E-state index contributed by atoms with van der Waals surface area (Å²) in [4.78, 5) is 32.9. The highest BCUT2D eigenvalue weighted by Crippen LogP contribution is 2.59. The smallest absolute Gasteiger partial charge is 0.411 e. The third-order valence-electron chi connectivity index (χ3n) is 10.7. The first-order valence-corrected chi connectivity index (χ1v) is 19.9. The molecule has 0 aromatic heterocycles. The van der Waals surface area contributed by atoms with Gasteiger partial charge < -0.3 is 38.1 Å². The lowest BCUT2D eigenvalue weighted by atomic mass is 9.77. The third kappa shape index (κ3) is 7.29. The van der Waals surface area contributed by atoms with Gasteiger partial charge in [0.1, 0.15) is 37.7 Å². The molecule has 14 heteroatoms. The average molecular weight is 848 g/mol. The number of rotatable bonds is 12. The van der Waals surface area contributed by atoms with Crippen LogP contribution in [0.15, 0.2) is 85.1 Å². The number of piperazine rings is 1. The number of hydrogen-bond acceptors (Lipinski definition) is 9. The largest absolute Gasteiger partial charge is 0.493 e. The fourth-order valence-corrected chi connectivity index (χ4v) is 8.49. The first-order chi connectivity index (χ1) is 28.0. The summed E-state index contributed by atoms with van der Waals surface area (Å²) in [5, 5.41) is 0. The number of amides is 2. The van der Waals surface area contributed by atoms with E-state index >= 15 is 4.79 Å². The molecule has 0 radical (unpaired) electrons. The summed E-state index contributed by atoms with van der Waals surface area (Å²) in [6, 6.07) is 18.7. The van der Waals surface area contributed by atoms with Gasteiger partial charge in [-0.1, -0.05) is 114 Å². The lowest BCUT2D eigenvalue weighted by Crippen LogP contribution is -2.63. The molecule has 2 amide bonds. The van der Waals surface area contributed by atoms with Gasteiger partial charge in [0, 0.05) is 34.4 Å². The van der Waals surface area contributed by atoms with E-state index in [1.807, 2.05) is 86.7 Å². The molecule has 0 N–H and O–H groups in total. The standard InChI is InChI=1S/C44H41Cl3N2O9/c1-5-16-54-38-26(3)39-41(58-24-57-39)35-30(38)19-31-36-34-29(17-25(2)37(52-4)40(34)55-21-28-14-10-7-11-15-28)18-32(49(36)43(51)56-23-44(45,46)47)42(50)48(31)33(35)22-53-20-27-12-8-6-9-13-27/h5-15,17,19,32-33,36H,1,16,18,20-24H2,2-4H3/t32-,33-,36-/m0/s1. The Labute approximate surface area is 351 Å². The molecule has 0 spiro atoms. The van der Waals surface area contributed by atoms with E-state index < -0.39 is 34.6 Å². The Morgan fingerprint density at radius 2 is 1.62 bits per heavy atom. The molecule has 4 aliphatic heterocycles. The second-order valence-corrected chi connectivity index (χ2v) is 16.9. The minimum atomic E-state index is -1.90. The van der Waals surface area contributed by atoms with Gasteiger partial charge in [-0.25, -0.2) is 4.79 Å². The van der Waals surface area contributed by atoms with Crippen molar-refractivity contribution in [2.24, 2.45) is 0 Å². The van der Waals surface area contributed by atoms with Crippen LogP contribution in [0.4, 0.5) is 4.79 Å². The first kappa shape index (κ1) is 39.7. The van der Waals surface area contributed by atoms with Crippen LogP contribution in [-0.2, 0) is 33.9 Å². The maximum atomic E-state index is 15.3. The molecule has 1 fully saturated rings. The molecule has 3 atom stereocenters. The van der Waals surface area contributed by atoms with Crippen LogP contribution in [0.1, 0.15) is 56.6 Å². The van der Waals surface area contributed by atoms with Crippen molar-refractivity contribution in [1.29, 1.82) is 0 Å². The summed E-state index contributed by atoms with van der Waals surface area (Å²) in [7, 11) is 1.57. The van der Waals surface area contributed by atoms with Gasteiger partial charge in [0.15, 0.2) is 23.0 Å². The summed E-state index contributed by atoms with van der Waals surface area (Å²) >= 11 is 18.2. The van der Waals surface area contributed by atoms with E-state index in [4.69, 9.17) is 68.0 Å². The van der Waals surface area contributed by atoms with E-state index in [-0.39, 0.29) is 45.5 Å². The van der Waals surface area contributed by atoms with Crippen molar-refractivity contribution < 1.29 is 42.7 Å². The van der Waals surface area contributed by atoms with E-state index in [0.29, 0.717) is 56.7 Å². The minimum absolute atomic E-state index is 0.0155. The molecular weight excluding hydrogens is 807 g/mol. The fraction of sp³-hybridized carbons (Fsp3) is 0.318. The predicted molar refractivity (Wildman–Crippen MR) is 219 cm³/mol. The number of benzene rings is 4. The Bertz CT molecular complexity index is 2280. The maximum absolute atomic E-state index is 15.3. The molecule has 1 saturated heterocycles. The quantitative estimate of drug-likeness (QED) is 0.102. The Hall–Kier alpha value is -5.07. The number of ether oxygens (including phenoxy) is 7. The highest BCUT2D eigenvalue weighted by Gasteiger charge is 2.56. The third-order valence-corrected chi connectivity index (χ3v) is 11.0. The van der Waals surface area contributed by atoms with Crippen LogP contribution in [0.25, 0.3) is 6.08 Å². The van der Waals surface area contributed by atoms with E-state index in [0.717, 1.165) is 22.3 Å². The molecule has 8 rings (SSSR count). The lowest BCUT2D eigenvalue weighted by molar-refractivity contribution is -0.145. The van der Waals surface area contributed by atoms with Crippen LogP contribution in [0.5, 0.6) is 28.7 Å². The molecule has 0 aliphatic carbocycles. The molecule has 302 valence electrons. The van der Waals surface area contributed by atoms with Gasteiger partial charge in [-0.3, -0.25) is 9.69 Å². The zero-order valence-corrected chi connectivity index (χ0v) is 34.4. The Morgan fingerprint density at radius 1 is 0.931 bits per heavy atom. The van der Waals surface area contributed by atoms with E-state index in [1.54, 1.807) is 18.1 Å². The molecule has 11 nitrogen and oxygen atoms in total. The van der Waals surface area contributed by atoms with Crippen molar-refractivity contribution >= 4 is 52.9 Å². The van der Waals surface area contributed by atoms with Crippen molar-refractivity contribution in [3.8, 4) is 28.7 Å². The molecule has 0 unspecified atom stereocenters. The van der Waals surface area contributed by atoms with E-state index in [9.17, 15) is 4.79 Å². The number of methoxy groups -OCH3 is 1. The van der Waals surface area contributed by atoms with Gasteiger partial charge >= 0.3 is 6.09 Å². The van der Waals surface area contributed by atoms with Crippen molar-refractivity contribution in [3.05, 3.63) is 130 Å². The lowest BCUT2D eigenvalue weighted by Gasteiger charge is -2.54. The summed E-state index contributed by atoms with van der Waals surface area (Å²) < 4.78 is 41.5. The number of nitrogens with zero attached hydrogens (tertiary/aromatic N) is 2. The number of carbonyl (C=O) groups excluding carboxylic acids is 2. The van der Waals surface area contributed by atoms with Crippen LogP contribution < -0.4 is 23.7 Å². The van der Waals surface area contributed by atoms with Gasteiger partial charge in [0.25, 0.3) is 5.91 Å². The summed E-state index contributed by atoms with van der Waals surface area (Å²) in [5.74, 6) is 2.07. The average Bonchev–Trinajstić information content (AvgIpc) is 3.71. The Kier molecular flexibility index (Phi) is 11.2. The van der Waals surface area contributed by atoms with Gasteiger partial charge in [-0.2, -0.15) is 0 Å². The first-order valence-electron chi connectivity index (χ1n) is 18.8. The summed E-state index contributed by atoms with van der Waals surface area (Å²) in [6.07, 6.45) is 2.81. The summed E-state index contributed by atoms with van der Waals surface area (Å²) in [6.45, 7) is 7.83. The number of alkyl halides is 3. The Morgan fingerprint density at radius 3 is 2.29 bits per heavy atom. The maximum Gasteiger partial charge on any atom is 0.411 e. The molecule has 0 saturated carbocycles. The normalized spacial score (nSPS) is 18.8. The van der Waals surface area contributed by atoms with Crippen LogP contribution >= 0.6 is 34.8 Å². The molecule has 2 bridgehead atoms. The Balaban J connectivity index is 1.36. The van der Waals surface area contributed by atoms with E-state index in [1.165, 1.54) is 4.90 Å². The SMILES string of the molecule is C=CCOc1c(C)c2c(c3c1C=C1[C@H]4c5c(cc(C)c(OC)c5OCc5ccccc5)C[C@@H](C(=O)N1[C@H]3COCc1ccccc1)N4C(=O)OCC(Cl)(Cl)Cl)OCO2. The molecular formula is C44H41Cl3N2O9. The highest BCUT2D eigenvalue weighted by atomic mass is 35.6. The second kappa shape index (κ2) is 16.3. The van der Waals surface area contributed by atoms with Gasteiger partial charge in [-0.15, -0.1) is 0 Å². The number of aryl methyl sites for hydroxylation is 1. The van der Waals surface area contributed by atoms with Crippen molar-refractivity contribution in [2.75, 3.05) is 33.7 Å². The van der Waals surface area contributed by atoms with Crippen LogP contribution in [0.2, 0.25) is 0 Å². The molecule has 4 aromatic rings. The predicted octanol–water partition coefficient (Wildman–Crippen LogP) is 9.11. The minimum Gasteiger partial charge on any atom is -0.493 e. The fourth-order valence-electron chi connectivity index (χ4n) is 8.33. The van der Waals surface area contributed by atoms with Gasteiger partial charge in [-0.05, 0) is 42.2 Å². The zero-order chi connectivity index (χ0) is 40.7. The van der Waals surface area contributed by atoms with Crippen LogP contribution in [0, 0.1) is 13.8 Å². The molecule has 58 heavy (non-hydrogen) atoms. The molecule has 4 heterocycles. The number of halogens is 3. The van der Waals surface area contributed by atoms with Crippen LogP contribution in [-0.4, -0.2) is 65.4 Å². The monoisotopic (exact) mass is 846 g/mol. The van der Waals surface area contributed by atoms with Crippen LogP contribution in [0.3, 0.4) is 0 Å². The number of fused-ring (bicyclic) bond motifs is 9. The second-order valence-electron chi connectivity index (χ2n) is 14.3. The highest BCUT2D eigenvalue weighted by molar-refractivity contribution is 6.67. The number of hydrogen-bond donors (Lipinski definition) is 0. The van der Waals surface area contributed by atoms with Crippen molar-refractivity contribution in [3.63, 3.8) is 0 Å². The van der Waals surface area contributed by atoms with E-state index in [2.05, 4.69) is 6.58 Å². The number of carbonyl (C=O) groups is 2. The van der Waals surface area contributed by atoms with Gasteiger partial charge in [0.05, 0.1) is 26.4 Å². The molecule has 4 aliphatic rings. The van der Waals surface area contributed by atoms with Crippen molar-refractivity contribution in [1.82, 2.24) is 9.80 Å².